The molecule has 0 aromatic heterocycles. The van der Waals surface area contributed by atoms with Crippen LogP contribution in [0.1, 0.15) is 31.9 Å². The average Bonchev–Trinajstić information content (AvgIpc) is 2.53. The van der Waals surface area contributed by atoms with Gasteiger partial charge in [-0.1, -0.05) is 37.3 Å². The molecule has 1 rings (SSSR count). The van der Waals surface area contributed by atoms with Crippen LogP contribution in [0.2, 0.25) is 0 Å². The maximum Gasteiger partial charge on any atom is 0.529 e. The molecule has 7 heteroatoms. The van der Waals surface area contributed by atoms with E-state index < -0.39 is 13.8 Å². The van der Waals surface area contributed by atoms with Crippen molar-refractivity contribution in [2.75, 3.05) is 14.2 Å². The van der Waals surface area contributed by atoms with Gasteiger partial charge in [-0.3, -0.25) is 9.05 Å². The van der Waals surface area contributed by atoms with Gasteiger partial charge in [0, 0.05) is 14.2 Å². The zero-order valence-corrected chi connectivity index (χ0v) is 14.0. The van der Waals surface area contributed by atoms with Crippen molar-refractivity contribution < 1.29 is 27.7 Å². The number of phosphoric acid groups is 1. The fraction of sp³-hybridized carbons (Fsp3) is 0.400. The third kappa shape index (κ3) is 5.64. The normalized spacial score (nSPS) is 13.5. The first-order valence-corrected chi connectivity index (χ1v) is 8.25. The number of allylic oxidation sites excluding steroid dienone is 1. The molecule has 1 aromatic rings. The van der Waals surface area contributed by atoms with Crippen molar-refractivity contribution in [2.24, 2.45) is 0 Å². The zero-order valence-electron chi connectivity index (χ0n) is 13.1. The van der Waals surface area contributed by atoms with E-state index in [4.69, 9.17) is 9.26 Å². The highest BCUT2D eigenvalue weighted by Gasteiger charge is 2.25. The molecule has 122 valence electrons. The minimum Gasteiger partial charge on any atom is -0.454 e. The van der Waals surface area contributed by atoms with E-state index in [1.165, 1.54) is 21.1 Å². The molecule has 0 heterocycles. The minimum absolute atomic E-state index is 0.0833. The Morgan fingerprint density at radius 1 is 1.23 bits per heavy atom. The van der Waals surface area contributed by atoms with Crippen LogP contribution in [0, 0.1) is 0 Å². The summed E-state index contributed by atoms with van der Waals surface area (Å²) in [5.74, 6) is -0.507. The molecule has 1 unspecified atom stereocenters. The number of ether oxygens (including phenoxy) is 1. The molecule has 0 amide bonds. The van der Waals surface area contributed by atoms with Crippen molar-refractivity contribution in [3.8, 4) is 0 Å². The fourth-order valence-electron chi connectivity index (χ4n) is 1.75. The predicted octanol–water partition coefficient (Wildman–Crippen LogP) is 4.00. The van der Waals surface area contributed by atoms with E-state index in [-0.39, 0.29) is 11.9 Å². The molecule has 6 nitrogen and oxygen atoms in total. The van der Waals surface area contributed by atoms with Crippen LogP contribution in [0.5, 0.6) is 0 Å². The molecule has 0 saturated carbocycles. The minimum atomic E-state index is -3.67. The van der Waals surface area contributed by atoms with Gasteiger partial charge in [0.05, 0.1) is 6.08 Å². The highest BCUT2D eigenvalue weighted by molar-refractivity contribution is 7.48. The van der Waals surface area contributed by atoms with Crippen LogP contribution < -0.4 is 0 Å². The van der Waals surface area contributed by atoms with E-state index in [9.17, 15) is 9.36 Å². The molecule has 0 aliphatic carbocycles. The van der Waals surface area contributed by atoms with E-state index in [0.29, 0.717) is 6.42 Å². The number of hydrogen-bond donors (Lipinski definition) is 0. The van der Waals surface area contributed by atoms with Gasteiger partial charge >= 0.3 is 13.8 Å². The maximum atomic E-state index is 11.9. The van der Waals surface area contributed by atoms with Crippen LogP contribution in [0.3, 0.4) is 0 Å². The molecule has 0 spiro atoms. The maximum absolute atomic E-state index is 11.9. The van der Waals surface area contributed by atoms with Gasteiger partial charge in [-0.2, -0.15) is 0 Å². The summed E-state index contributed by atoms with van der Waals surface area (Å²) in [7, 11) is -1.28. The summed E-state index contributed by atoms with van der Waals surface area (Å²) in [5, 5.41) is 0. The molecular weight excluding hydrogens is 307 g/mol. The van der Waals surface area contributed by atoms with Crippen molar-refractivity contribution in [3.63, 3.8) is 0 Å². The van der Waals surface area contributed by atoms with Crippen LogP contribution in [-0.4, -0.2) is 20.2 Å². The Kier molecular flexibility index (Phi) is 7.32. The smallest absolute Gasteiger partial charge is 0.454 e. The van der Waals surface area contributed by atoms with Crippen molar-refractivity contribution in [3.05, 3.63) is 47.7 Å². The summed E-state index contributed by atoms with van der Waals surface area (Å²) in [4.78, 5) is 11.9. The molecule has 0 fully saturated rings. The van der Waals surface area contributed by atoms with E-state index in [0.717, 1.165) is 11.6 Å². The predicted molar refractivity (Wildman–Crippen MR) is 82.0 cm³/mol. The highest BCUT2D eigenvalue weighted by atomic mass is 31.2. The van der Waals surface area contributed by atoms with Crippen LogP contribution >= 0.6 is 7.82 Å². The summed E-state index contributed by atoms with van der Waals surface area (Å²) >= 11 is 0. The molecule has 0 saturated heterocycles. The third-order valence-corrected chi connectivity index (χ3v) is 4.23. The standard InChI is InChI=1S/C15H21O6P/c1-5-14(13-9-7-6-8-10-13)20-15(16)11-12(2)21-22(17,18-3)19-4/h6-11,14H,5H2,1-4H3/b12-11+. The van der Waals surface area contributed by atoms with Crippen LogP contribution in [-0.2, 0) is 27.7 Å². The molecular formula is C15H21O6P. The van der Waals surface area contributed by atoms with Gasteiger partial charge in [-0.25, -0.2) is 9.36 Å². The average molecular weight is 328 g/mol. The molecule has 1 atom stereocenters. The van der Waals surface area contributed by atoms with E-state index in [1.54, 1.807) is 0 Å². The SMILES string of the molecule is CCC(OC(=O)/C=C(\C)OP(=O)(OC)OC)c1ccccc1. The van der Waals surface area contributed by atoms with Crippen molar-refractivity contribution in [2.45, 2.75) is 26.4 Å². The Bertz CT molecular complexity index is 546. The monoisotopic (exact) mass is 328 g/mol. The first-order valence-electron chi connectivity index (χ1n) is 6.79. The first kappa shape index (κ1) is 18.4. The van der Waals surface area contributed by atoms with Crippen molar-refractivity contribution in [1.82, 2.24) is 0 Å². The second-order valence-electron chi connectivity index (χ2n) is 4.40. The van der Waals surface area contributed by atoms with Gasteiger partial charge in [0.2, 0.25) is 0 Å². The number of rotatable bonds is 8. The molecule has 0 aliphatic rings. The van der Waals surface area contributed by atoms with Crippen molar-refractivity contribution in [1.29, 1.82) is 0 Å². The van der Waals surface area contributed by atoms with Crippen LogP contribution in [0.25, 0.3) is 0 Å². The lowest BCUT2D eigenvalue weighted by Gasteiger charge is -2.16. The van der Waals surface area contributed by atoms with Gasteiger partial charge in [0.25, 0.3) is 0 Å². The summed E-state index contributed by atoms with van der Waals surface area (Å²) in [6, 6.07) is 9.42. The van der Waals surface area contributed by atoms with Crippen LogP contribution in [0.4, 0.5) is 0 Å². The number of carbonyl (C=O) groups is 1. The molecule has 0 N–H and O–H groups in total. The van der Waals surface area contributed by atoms with Gasteiger partial charge < -0.3 is 9.26 Å². The van der Waals surface area contributed by atoms with Gasteiger partial charge in [-0.15, -0.1) is 0 Å². The van der Waals surface area contributed by atoms with Gasteiger partial charge in [0.15, 0.2) is 0 Å². The Hall–Kier alpha value is -1.62. The quantitative estimate of drug-likeness (QED) is 0.311. The second-order valence-corrected chi connectivity index (χ2v) is 6.21. The Balaban J connectivity index is 2.71. The second kappa shape index (κ2) is 8.73. The Morgan fingerprint density at radius 3 is 2.32 bits per heavy atom. The Morgan fingerprint density at radius 2 is 1.82 bits per heavy atom. The van der Waals surface area contributed by atoms with Crippen LogP contribution in [0.15, 0.2) is 42.2 Å². The van der Waals surface area contributed by atoms with E-state index in [1.807, 2.05) is 37.3 Å². The summed E-state index contributed by atoms with van der Waals surface area (Å²) in [6.45, 7) is 3.39. The fourth-order valence-corrected chi connectivity index (χ4v) is 2.45. The van der Waals surface area contributed by atoms with Gasteiger partial charge in [-0.05, 0) is 18.9 Å². The lowest BCUT2D eigenvalue weighted by molar-refractivity contribution is -0.143. The van der Waals surface area contributed by atoms with E-state index in [2.05, 4.69) is 9.05 Å². The first-order chi connectivity index (χ1) is 10.4. The number of benzene rings is 1. The largest absolute Gasteiger partial charge is 0.529 e. The molecule has 1 aromatic carbocycles. The third-order valence-electron chi connectivity index (χ3n) is 2.82. The number of esters is 1. The molecule has 22 heavy (non-hydrogen) atoms. The number of phosphoric ester groups is 1. The summed E-state index contributed by atoms with van der Waals surface area (Å²) in [5.41, 5.74) is 0.907. The van der Waals surface area contributed by atoms with Gasteiger partial charge in [0.1, 0.15) is 11.9 Å². The molecule has 0 bridgehead atoms. The number of carbonyl (C=O) groups excluding carboxylic acids is 1. The number of hydrogen-bond acceptors (Lipinski definition) is 6. The lowest BCUT2D eigenvalue weighted by Crippen LogP contribution is -2.09. The molecule has 0 radical (unpaired) electrons. The van der Waals surface area contributed by atoms with Crippen molar-refractivity contribution >= 4 is 13.8 Å². The lowest BCUT2D eigenvalue weighted by atomic mass is 10.1. The summed E-state index contributed by atoms with van der Waals surface area (Å²) in [6.07, 6.45) is 1.39. The summed E-state index contributed by atoms with van der Waals surface area (Å²) < 4.78 is 31.4. The topological polar surface area (TPSA) is 71.1 Å². The van der Waals surface area contributed by atoms with E-state index >= 15 is 0 Å². The highest BCUT2D eigenvalue weighted by Crippen LogP contribution is 2.49. The Labute approximate surface area is 130 Å². The molecule has 0 aliphatic heterocycles. The zero-order chi connectivity index (χ0) is 16.6.